The first-order chi connectivity index (χ1) is 10.5. The summed E-state index contributed by atoms with van der Waals surface area (Å²) < 4.78 is 0. The van der Waals surface area contributed by atoms with Crippen LogP contribution in [0.1, 0.15) is 22.7 Å². The summed E-state index contributed by atoms with van der Waals surface area (Å²) in [6.45, 7) is 0.691. The average Bonchev–Trinajstić information content (AvgIpc) is 2.75. The molecule has 3 nitrogen and oxygen atoms in total. The Labute approximate surface area is 152 Å². The molecule has 0 saturated carbocycles. The molecule has 3 N–H and O–H groups in total. The van der Waals surface area contributed by atoms with Crippen LogP contribution >= 0.6 is 35.6 Å². The number of nitrogen functional groups attached to an aromatic ring is 1. The normalized spacial score (nSPS) is 19.5. The second-order valence-corrected chi connectivity index (χ2v) is 6.68. The first-order valence-electron chi connectivity index (χ1n) is 7.16. The molecular weight excluding hydrogens is 355 g/mol. The van der Waals surface area contributed by atoms with E-state index in [1.165, 1.54) is 0 Å². The molecule has 0 aliphatic heterocycles. The summed E-state index contributed by atoms with van der Waals surface area (Å²) in [6, 6.07) is 11.3. The van der Waals surface area contributed by atoms with Gasteiger partial charge in [-0.05, 0) is 48.0 Å². The number of halogens is 3. The molecular formula is C17H19Cl3N2O. The molecule has 0 aromatic heterocycles. The molecule has 0 heterocycles. The molecule has 124 valence electrons. The number of nitrogens with two attached hydrogens (primary N) is 1. The smallest absolute Gasteiger partial charge is 0.0778 e. The van der Waals surface area contributed by atoms with E-state index in [2.05, 4.69) is 4.90 Å². The second-order valence-electron chi connectivity index (χ2n) is 5.83. The molecule has 2 atom stereocenters. The van der Waals surface area contributed by atoms with Crippen LogP contribution in [0, 0.1) is 0 Å². The van der Waals surface area contributed by atoms with E-state index in [9.17, 15) is 5.11 Å². The largest absolute Gasteiger partial charge is 0.399 e. The van der Waals surface area contributed by atoms with Crippen molar-refractivity contribution in [3.63, 3.8) is 0 Å². The Morgan fingerprint density at radius 1 is 1.26 bits per heavy atom. The molecule has 6 heteroatoms. The third kappa shape index (κ3) is 3.76. The molecule has 1 aliphatic rings. The summed E-state index contributed by atoms with van der Waals surface area (Å²) in [6.07, 6.45) is 0.0640. The van der Waals surface area contributed by atoms with Gasteiger partial charge in [0.25, 0.3) is 0 Å². The Kier molecular flexibility index (Phi) is 5.82. The van der Waals surface area contributed by atoms with E-state index in [0.717, 1.165) is 22.4 Å². The summed E-state index contributed by atoms with van der Waals surface area (Å²) in [5.74, 6) is 0. The SMILES string of the molecule is CN(Cc1cccc(N)c1)C1c2cc(Cl)cc(Cl)c2CC1O.Cl. The minimum atomic E-state index is -0.489. The molecule has 0 amide bonds. The average molecular weight is 374 g/mol. The molecule has 2 aromatic rings. The number of likely N-dealkylation sites (N-methyl/N-ethyl adjacent to an activating group) is 1. The molecule has 0 fully saturated rings. The van der Waals surface area contributed by atoms with Gasteiger partial charge in [0.1, 0.15) is 0 Å². The molecule has 0 saturated heterocycles. The van der Waals surface area contributed by atoms with Crippen molar-refractivity contribution in [3.8, 4) is 0 Å². The standard InChI is InChI=1S/C17H18Cl2N2O.ClH/c1-21(9-10-3-2-4-12(20)5-10)17-14-6-11(18)7-15(19)13(14)8-16(17)22;/h2-7,16-17,22H,8-9,20H2,1H3;1H. The van der Waals surface area contributed by atoms with Crippen LogP contribution in [-0.4, -0.2) is 23.2 Å². The maximum atomic E-state index is 10.5. The third-order valence-electron chi connectivity index (χ3n) is 4.15. The molecule has 0 bridgehead atoms. The Bertz CT molecular complexity index is 708. The van der Waals surface area contributed by atoms with Crippen LogP contribution in [0.3, 0.4) is 0 Å². The quantitative estimate of drug-likeness (QED) is 0.797. The van der Waals surface area contributed by atoms with Crippen LogP contribution < -0.4 is 5.73 Å². The lowest BCUT2D eigenvalue weighted by Crippen LogP contribution is -2.30. The fourth-order valence-electron chi connectivity index (χ4n) is 3.24. The third-order valence-corrected chi connectivity index (χ3v) is 4.70. The van der Waals surface area contributed by atoms with Crippen molar-refractivity contribution in [1.29, 1.82) is 0 Å². The summed E-state index contributed by atoms with van der Waals surface area (Å²) >= 11 is 12.4. The van der Waals surface area contributed by atoms with Crippen LogP contribution in [0.2, 0.25) is 10.0 Å². The van der Waals surface area contributed by atoms with Gasteiger partial charge in [-0.25, -0.2) is 0 Å². The molecule has 2 unspecified atom stereocenters. The highest BCUT2D eigenvalue weighted by molar-refractivity contribution is 6.35. The maximum Gasteiger partial charge on any atom is 0.0778 e. The summed E-state index contributed by atoms with van der Waals surface area (Å²) in [5.41, 5.74) is 9.68. The minimum absolute atomic E-state index is 0. The van der Waals surface area contributed by atoms with Gasteiger partial charge in [-0.3, -0.25) is 4.90 Å². The molecule has 0 spiro atoms. The predicted molar refractivity (Wildman–Crippen MR) is 98.5 cm³/mol. The Morgan fingerprint density at radius 2 is 2.00 bits per heavy atom. The van der Waals surface area contributed by atoms with E-state index < -0.39 is 6.10 Å². The molecule has 3 rings (SSSR count). The number of hydrogen-bond acceptors (Lipinski definition) is 3. The van der Waals surface area contributed by atoms with E-state index in [1.807, 2.05) is 37.4 Å². The van der Waals surface area contributed by atoms with Gasteiger partial charge in [0.2, 0.25) is 0 Å². The van der Waals surface area contributed by atoms with Gasteiger partial charge in [-0.15, -0.1) is 12.4 Å². The highest BCUT2D eigenvalue weighted by Crippen LogP contribution is 2.41. The fourth-order valence-corrected chi connectivity index (χ4v) is 3.83. The van der Waals surface area contributed by atoms with E-state index in [0.29, 0.717) is 23.0 Å². The van der Waals surface area contributed by atoms with Gasteiger partial charge in [-0.1, -0.05) is 35.3 Å². The number of anilines is 1. The van der Waals surface area contributed by atoms with Gasteiger partial charge in [0.05, 0.1) is 12.1 Å². The van der Waals surface area contributed by atoms with E-state index in [4.69, 9.17) is 28.9 Å². The van der Waals surface area contributed by atoms with Crippen molar-refractivity contribution in [2.75, 3.05) is 12.8 Å². The second kappa shape index (κ2) is 7.29. The van der Waals surface area contributed by atoms with Gasteiger partial charge >= 0.3 is 0 Å². The minimum Gasteiger partial charge on any atom is -0.399 e. The van der Waals surface area contributed by atoms with Crippen molar-refractivity contribution in [1.82, 2.24) is 4.90 Å². The number of fused-ring (bicyclic) bond motifs is 1. The number of benzene rings is 2. The highest BCUT2D eigenvalue weighted by Gasteiger charge is 2.35. The van der Waals surface area contributed by atoms with Gasteiger partial charge in [0, 0.05) is 28.7 Å². The van der Waals surface area contributed by atoms with Gasteiger partial charge in [0.15, 0.2) is 0 Å². The topological polar surface area (TPSA) is 49.5 Å². The zero-order chi connectivity index (χ0) is 15.9. The number of nitrogens with zero attached hydrogens (tertiary/aromatic N) is 1. The first-order valence-corrected chi connectivity index (χ1v) is 7.92. The summed E-state index contributed by atoms with van der Waals surface area (Å²) in [4.78, 5) is 2.11. The lowest BCUT2D eigenvalue weighted by molar-refractivity contribution is 0.0725. The molecule has 23 heavy (non-hydrogen) atoms. The van der Waals surface area contributed by atoms with Crippen LogP contribution in [0.25, 0.3) is 0 Å². The van der Waals surface area contributed by atoms with Gasteiger partial charge in [-0.2, -0.15) is 0 Å². The summed E-state index contributed by atoms with van der Waals surface area (Å²) in [5, 5.41) is 11.7. The Balaban J connectivity index is 0.00000192. The van der Waals surface area contributed by atoms with Gasteiger partial charge < -0.3 is 10.8 Å². The Hall–Kier alpha value is -0.970. The van der Waals surface area contributed by atoms with Crippen molar-refractivity contribution in [2.24, 2.45) is 0 Å². The highest BCUT2D eigenvalue weighted by atomic mass is 35.5. The maximum absolute atomic E-state index is 10.5. The van der Waals surface area contributed by atoms with Crippen molar-refractivity contribution in [2.45, 2.75) is 25.1 Å². The number of aliphatic hydroxyl groups excluding tert-OH is 1. The molecule has 2 aromatic carbocycles. The predicted octanol–water partition coefficient (Wildman–Crippen LogP) is 4.09. The van der Waals surface area contributed by atoms with E-state index >= 15 is 0 Å². The molecule has 1 aliphatic carbocycles. The zero-order valence-electron chi connectivity index (χ0n) is 12.7. The van der Waals surface area contributed by atoms with Crippen LogP contribution in [0.4, 0.5) is 5.69 Å². The van der Waals surface area contributed by atoms with Crippen LogP contribution in [0.5, 0.6) is 0 Å². The van der Waals surface area contributed by atoms with Crippen LogP contribution in [0.15, 0.2) is 36.4 Å². The lowest BCUT2D eigenvalue weighted by Gasteiger charge is -2.28. The monoisotopic (exact) mass is 372 g/mol. The molecule has 0 radical (unpaired) electrons. The first kappa shape index (κ1) is 18.4. The number of hydrogen-bond donors (Lipinski definition) is 2. The van der Waals surface area contributed by atoms with Crippen LogP contribution in [-0.2, 0) is 13.0 Å². The zero-order valence-corrected chi connectivity index (χ0v) is 15.0. The van der Waals surface area contributed by atoms with Crippen molar-refractivity contribution >= 4 is 41.3 Å². The Morgan fingerprint density at radius 3 is 2.70 bits per heavy atom. The summed E-state index contributed by atoms with van der Waals surface area (Å²) in [7, 11) is 1.99. The fraction of sp³-hybridized carbons (Fsp3) is 0.294. The lowest BCUT2D eigenvalue weighted by atomic mass is 10.1. The van der Waals surface area contributed by atoms with Crippen molar-refractivity contribution in [3.05, 3.63) is 63.1 Å². The van der Waals surface area contributed by atoms with E-state index in [-0.39, 0.29) is 18.4 Å². The number of aliphatic hydroxyl groups is 1. The van der Waals surface area contributed by atoms with Crippen molar-refractivity contribution < 1.29 is 5.11 Å². The van der Waals surface area contributed by atoms with E-state index in [1.54, 1.807) is 6.07 Å². The number of rotatable bonds is 3.